The van der Waals surface area contributed by atoms with Crippen molar-refractivity contribution in [2.75, 3.05) is 47.1 Å². The van der Waals surface area contributed by atoms with Gasteiger partial charge in [-0.3, -0.25) is 9.88 Å². The molecular formula is C15H26FN3O2. The predicted molar refractivity (Wildman–Crippen MR) is 80.5 cm³/mol. The Bertz CT molecular complexity index is 381. The summed E-state index contributed by atoms with van der Waals surface area (Å²) < 4.78 is 23.1. The smallest absolute Gasteiger partial charge is 0.141 e. The van der Waals surface area contributed by atoms with E-state index in [1.54, 1.807) is 20.3 Å². The van der Waals surface area contributed by atoms with Gasteiger partial charge in [0.05, 0.1) is 31.1 Å². The number of nitrogens with two attached hydrogens (primary N) is 1. The van der Waals surface area contributed by atoms with Crippen molar-refractivity contribution >= 4 is 0 Å². The fourth-order valence-corrected chi connectivity index (χ4v) is 2.13. The highest BCUT2D eigenvalue weighted by Crippen LogP contribution is 2.18. The molecule has 21 heavy (non-hydrogen) atoms. The first-order valence-corrected chi connectivity index (χ1v) is 7.15. The molecule has 6 heteroatoms. The van der Waals surface area contributed by atoms with Gasteiger partial charge in [-0.2, -0.15) is 0 Å². The molecule has 0 aliphatic carbocycles. The Balaban J connectivity index is 2.57. The van der Waals surface area contributed by atoms with Crippen LogP contribution in [-0.2, 0) is 9.47 Å². The fraction of sp³-hybridized carbons (Fsp3) is 0.667. The number of nitrogens with zero attached hydrogens (tertiary/aromatic N) is 2. The van der Waals surface area contributed by atoms with Crippen LogP contribution < -0.4 is 5.73 Å². The molecule has 2 atom stereocenters. The summed E-state index contributed by atoms with van der Waals surface area (Å²) in [5.74, 6) is -0.155. The Morgan fingerprint density at radius 1 is 1.24 bits per heavy atom. The second-order valence-corrected chi connectivity index (χ2v) is 5.19. The third kappa shape index (κ3) is 6.48. The first-order valence-electron chi connectivity index (χ1n) is 7.15. The summed E-state index contributed by atoms with van der Waals surface area (Å²) in [5.41, 5.74) is 6.93. The van der Waals surface area contributed by atoms with Crippen molar-refractivity contribution in [2.24, 2.45) is 11.7 Å². The molecule has 0 aliphatic rings. The summed E-state index contributed by atoms with van der Waals surface area (Å²) in [6.45, 7) is 5.87. The van der Waals surface area contributed by atoms with Crippen molar-refractivity contribution in [2.45, 2.75) is 13.0 Å². The van der Waals surface area contributed by atoms with Gasteiger partial charge in [-0.05, 0) is 18.1 Å². The SMILES string of the molecule is COCCN(CCOC)CC(C)C(N)c1ccc(F)cn1. The van der Waals surface area contributed by atoms with E-state index < -0.39 is 0 Å². The van der Waals surface area contributed by atoms with Crippen LogP contribution in [0, 0.1) is 11.7 Å². The van der Waals surface area contributed by atoms with Gasteiger partial charge in [-0.25, -0.2) is 4.39 Å². The van der Waals surface area contributed by atoms with E-state index in [0.717, 1.165) is 19.6 Å². The van der Waals surface area contributed by atoms with E-state index in [4.69, 9.17) is 15.2 Å². The molecule has 1 aromatic rings. The normalized spacial score (nSPS) is 14.4. The highest BCUT2D eigenvalue weighted by Gasteiger charge is 2.19. The Morgan fingerprint density at radius 2 is 1.86 bits per heavy atom. The maximum Gasteiger partial charge on any atom is 0.141 e. The second kappa shape index (κ2) is 9.78. The van der Waals surface area contributed by atoms with E-state index in [-0.39, 0.29) is 17.8 Å². The van der Waals surface area contributed by atoms with Gasteiger partial charge in [0, 0.05) is 33.9 Å². The molecule has 0 bridgehead atoms. The average molecular weight is 299 g/mol. The summed E-state index contributed by atoms with van der Waals surface area (Å²) in [5, 5.41) is 0. The predicted octanol–water partition coefficient (Wildman–Crippen LogP) is 1.45. The molecule has 120 valence electrons. The first kappa shape index (κ1) is 18.0. The molecule has 0 aliphatic heterocycles. The number of ether oxygens (including phenoxy) is 2. The highest BCUT2D eigenvalue weighted by molar-refractivity contribution is 5.10. The van der Waals surface area contributed by atoms with Crippen molar-refractivity contribution in [3.05, 3.63) is 29.8 Å². The minimum atomic E-state index is -0.347. The van der Waals surface area contributed by atoms with E-state index in [9.17, 15) is 4.39 Å². The number of hydrogen-bond donors (Lipinski definition) is 1. The number of hydrogen-bond acceptors (Lipinski definition) is 5. The lowest BCUT2D eigenvalue weighted by atomic mass is 9.98. The average Bonchev–Trinajstić information content (AvgIpc) is 2.49. The van der Waals surface area contributed by atoms with E-state index in [2.05, 4.69) is 16.8 Å². The largest absolute Gasteiger partial charge is 0.383 e. The zero-order valence-electron chi connectivity index (χ0n) is 13.1. The van der Waals surface area contributed by atoms with Crippen LogP contribution in [0.3, 0.4) is 0 Å². The molecule has 0 saturated heterocycles. The van der Waals surface area contributed by atoms with Crippen molar-refractivity contribution in [1.29, 1.82) is 0 Å². The summed E-state index contributed by atoms with van der Waals surface area (Å²) in [6.07, 6.45) is 1.20. The molecule has 2 N–H and O–H groups in total. The zero-order chi connectivity index (χ0) is 15.7. The summed E-state index contributed by atoms with van der Waals surface area (Å²) in [4.78, 5) is 6.31. The van der Waals surface area contributed by atoms with Crippen LogP contribution in [0.2, 0.25) is 0 Å². The van der Waals surface area contributed by atoms with Crippen LogP contribution in [0.25, 0.3) is 0 Å². The Kier molecular flexibility index (Phi) is 8.37. The van der Waals surface area contributed by atoms with Gasteiger partial charge in [0.15, 0.2) is 0 Å². The van der Waals surface area contributed by atoms with Gasteiger partial charge < -0.3 is 15.2 Å². The lowest BCUT2D eigenvalue weighted by Gasteiger charge is -2.28. The molecule has 0 amide bonds. The molecule has 1 aromatic heterocycles. The van der Waals surface area contributed by atoms with Gasteiger partial charge in [0.25, 0.3) is 0 Å². The maximum absolute atomic E-state index is 12.9. The highest BCUT2D eigenvalue weighted by atomic mass is 19.1. The van der Waals surface area contributed by atoms with Crippen LogP contribution in [0.15, 0.2) is 18.3 Å². The third-order valence-corrected chi connectivity index (χ3v) is 3.47. The van der Waals surface area contributed by atoms with Crippen molar-refractivity contribution in [3.8, 4) is 0 Å². The van der Waals surface area contributed by atoms with Crippen LogP contribution in [0.4, 0.5) is 4.39 Å². The van der Waals surface area contributed by atoms with Gasteiger partial charge >= 0.3 is 0 Å². The number of rotatable bonds is 10. The number of halogens is 1. The molecule has 0 aromatic carbocycles. The molecule has 1 heterocycles. The van der Waals surface area contributed by atoms with Crippen LogP contribution >= 0.6 is 0 Å². The molecule has 2 unspecified atom stereocenters. The van der Waals surface area contributed by atoms with Crippen LogP contribution in [0.1, 0.15) is 18.7 Å². The topological polar surface area (TPSA) is 60.6 Å². The van der Waals surface area contributed by atoms with Gasteiger partial charge in [-0.1, -0.05) is 6.92 Å². The fourth-order valence-electron chi connectivity index (χ4n) is 2.13. The quantitative estimate of drug-likeness (QED) is 0.708. The zero-order valence-corrected chi connectivity index (χ0v) is 13.1. The first-order chi connectivity index (χ1) is 10.1. The molecule has 0 fully saturated rings. The molecule has 0 radical (unpaired) electrons. The van der Waals surface area contributed by atoms with E-state index in [1.807, 2.05) is 0 Å². The van der Waals surface area contributed by atoms with Crippen molar-refractivity contribution < 1.29 is 13.9 Å². The summed E-state index contributed by atoms with van der Waals surface area (Å²) in [7, 11) is 3.37. The standard InChI is InChI=1S/C15H26FN3O2/c1-12(11-19(6-8-20-2)7-9-21-3)15(17)14-5-4-13(16)10-18-14/h4-5,10,12,15H,6-9,11,17H2,1-3H3. The molecule has 1 rings (SSSR count). The molecule has 0 spiro atoms. The molecule has 0 saturated carbocycles. The van der Waals surface area contributed by atoms with Gasteiger partial charge in [-0.15, -0.1) is 0 Å². The summed E-state index contributed by atoms with van der Waals surface area (Å²) >= 11 is 0. The molecular weight excluding hydrogens is 273 g/mol. The van der Waals surface area contributed by atoms with E-state index in [1.165, 1.54) is 12.3 Å². The minimum absolute atomic E-state index is 0.191. The van der Waals surface area contributed by atoms with Gasteiger partial charge in [0.1, 0.15) is 5.82 Å². The lowest BCUT2D eigenvalue weighted by Crippen LogP contribution is -2.37. The van der Waals surface area contributed by atoms with Crippen LogP contribution in [-0.4, -0.2) is 57.0 Å². The number of pyridine rings is 1. The third-order valence-electron chi connectivity index (χ3n) is 3.47. The minimum Gasteiger partial charge on any atom is -0.383 e. The Morgan fingerprint density at radius 3 is 2.33 bits per heavy atom. The summed E-state index contributed by atoms with van der Waals surface area (Å²) in [6, 6.07) is 2.81. The number of aromatic nitrogens is 1. The van der Waals surface area contributed by atoms with Crippen LogP contribution in [0.5, 0.6) is 0 Å². The van der Waals surface area contributed by atoms with Crippen molar-refractivity contribution in [1.82, 2.24) is 9.88 Å². The monoisotopic (exact) mass is 299 g/mol. The number of methoxy groups -OCH3 is 2. The molecule has 5 nitrogen and oxygen atoms in total. The second-order valence-electron chi connectivity index (χ2n) is 5.19. The van der Waals surface area contributed by atoms with E-state index >= 15 is 0 Å². The van der Waals surface area contributed by atoms with E-state index in [0.29, 0.717) is 18.9 Å². The van der Waals surface area contributed by atoms with Crippen molar-refractivity contribution in [3.63, 3.8) is 0 Å². The Hall–Kier alpha value is -1.08. The Labute approximate surface area is 126 Å². The maximum atomic E-state index is 12.9. The lowest BCUT2D eigenvalue weighted by molar-refractivity contribution is 0.102. The van der Waals surface area contributed by atoms with Gasteiger partial charge in [0.2, 0.25) is 0 Å².